The Kier molecular flexibility index (Phi) is 4.93. The lowest BCUT2D eigenvalue weighted by atomic mass is 10.2. The topological polar surface area (TPSA) is 105 Å². The number of aromatic nitrogens is 1. The lowest BCUT2D eigenvalue weighted by molar-refractivity contribution is 0.580. The van der Waals surface area contributed by atoms with Gasteiger partial charge in [-0.15, -0.1) is 0 Å². The molecule has 8 heteroatoms. The average molecular weight is 323 g/mol. The highest BCUT2D eigenvalue weighted by Gasteiger charge is 2.17. The predicted molar refractivity (Wildman–Crippen MR) is 81.3 cm³/mol. The molecule has 2 aromatic rings. The Bertz CT molecular complexity index is 841. The molecule has 0 saturated carbocycles. The van der Waals surface area contributed by atoms with E-state index in [2.05, 4.69) is 21.5 Å². The fraction of sp³-hybridized carbons (Fsp3) is 0.154. The van der Waals surface area contributed by atoms with Crippen LogP contribution in [0.3, 0.4) is 0 Å². The Hall–Kier alpha value is -1.92. The molecule has 1 aromatic carbocycles. The van der Waals surface area contributed by atoms with Gasteiger partial charge in [-0.25, -0.2) is 13.1 Å². The minimum atomic E-state index is -3.72. The van der Waals surface area contributed by atoms with E-state index in [0.717, 1.165) is 11.3 Å². The minimum Gasteiger partial charge on any atom is -0.320 e. The number of H-pyrrole nitrogens is 1. The van der Waals surface area contributed by atoms with Gasteiger partial charge in [0.05, 0.1) is 18.0 Å². The number of benzene rings is 1. The lowest BCUT2D eigenvalue weighted by Crippen LogP contribution is -2.24. The van der Waals surface area contributed by atoms with Crippen LogP contribution in [0.15, 0.2) is 39.3 Å². The van der Waals surface area contributed by atoms with Gasteiger partial charge in [0.1, 0.15) is 0 Å². The van der Waals surface area contributed by atoms with Crippen molar-refractivity contribution in [2.24, 2.45) is 5.73 Å². The highest BCUT2D eigenvalue weighted by Crippen LogP contribution is 2.14. The molecule has 0 spiro atoms. The maximum atomic E-state index is 12.3. The van der Waals surface area contributed by atoms with Crippen molar-refractivity contribution in [3.8, 4) is 11.8 Å². The van der Waals surface area contributed by atoms with Crippen LogP contribution in [0.2, 0.25) is 0 Å². The first-order chi connectivity index (χ1) is 10.0. The van der Waals surface area contributed by atoms with Crippen molar-refractivity contribution in [1.82, 2.24) is 9.71 Å². The van der Waals surface area contributed by atoms with Crippen LogP contribution in [0.5, 0.6) is 0 Å². The molecular weight excluding hydrogens is 310 g/mol. The molecule has 0 fully saturated rings. The van der Waals surface area contributed by atoms with E-state index >= 15 is 0 Å². The van der Waals surface area contributed by atoms with Gasteiger partial charge in [-0.2, -0.15) is 0 Å². The number of thiazole rings is 1. The normalized spacial score (nSPS) is 10.9. The highest BCUT2D eigenvalue weighted by atomic mass is 32.2. The van der Waals surface area contributed by atoms with Crippen LogP contribution in [0.25, 0.3) is 0 Å². The number of hydrogen-bond donors (Lipinski definition) is 3. The van der Waals surface area contributed by atoms with Crippen molar-refractivity contribution in [3.63, 3.8) is 0 Å². The molecule has 0 saturated heterocycles. The van der Waals surface area contributed by atoms with Gasteiger partial charge in [0, 0.05) is 16.6 Å². The van der Waals surface area contributed by atoms with E-state index in [1.165, 1.54) is 6.07 Å². The van der Waals surface area contributed by atoms with Crippen molar-refractivity contribution in [2.45, 2.75) is 11.4 Å². The third kappa shape index (κ3) is 4.03. The third-order valence-electron chi connectivity index (χ3n) is 2.53. The van der Waals surface area contributed by atoms with Crippen LogP contribution in [0, 0.1) is 11.8 Å². The van der Waals surface area contributed by atoms with Crippen molar-refractivity contribution >= 4 is 21.4 Å². The third-order valence-corrected chi connectivity index (χ3v) is 4.70. The van der Waals surface area contributed by atoms with E-state index in [4.69, 9.17) is 5.73 Å². The standard InChI is InChI=1S/C13H13N3O3S2/c14-7-3-5-10-4-1-2-6-12(10)21(18,19)15-8-11-9-20-13(17)16-11/h1-2,4,6,9,15H,7-8,14H2,(H,16,17). The molecule has 0 aliphatic heterocycles. The SMILES string of the molecule is NCC#Cc1ccccc1S(=O)(=O)NCc1csc(=O)[nH]1. The number of hydrogen-bond acceptors (Lipinski definition) is 5. The quantitative estimate of drug-likeness (QED) is 0.700. The van der Waals surface area contributed by atoms with E-state index in [9.17, 15) is 13.2 Å². The Morgan fingerprint density at radius 2 is 2.10 bits per heavy atom. The summed E-state index contributed by atoms with van der Waals surface area (Å²) in [4.78, 5) is 13.4. The van der Waals surface area contributed by atoms with Crippen molar-refractivity contribution in [3.05, 3.63) is 50.6 Å². The predicted octanol–water partition coefficient (Wildman–Crippen LogP) is 0.225. The summed E-state index contributed by atoms with van der Waals surface area (Å²) < 4.78 is 27.0. The van der Waals surface area contributed by atoms with Crippen LogP contribution in [-0.4, -0.2) is 19.9 Å². The van der Waals surface area contributed by atoms with E-state index in [1.807, 2.05) is 0 Å². The lowest BCUT2D eigenvalue weighted by Gasteiger charge is -2.07. The highest BCUT2D eigenvalue weighted by molar-refractivity contribution is 7.89. The van der Waals surface area contributed by atoms with E-state index in [0.29, 0.717) is 11.3 Å². The number of rotatable bonds is 4. The molecule has 6 nitrogen and oxygen atoms in total. The van der Waals surface area contributed by atoms with Crippen LogP contribution < -0.4 is 15.3 Å². The Morgan fingerprint density at radius 1 is 1.33 bits per heavy atom. The molecule has 0 unspecified atom stereocenters. The summed E-state index contributed by atoms with van der Waals surface area (Å²) in [5.41, 5.74) is 6.20. The van der Waals surface area contributed by atoms with E-state index < -0.39 is 10.0 Å². The molecule has 0 aliphatic rings. The Balaban J connectivity index is 2.25. The van der Waals surface area contributed by atoms with Gasteiger partial charge in [-0.1, -0.05) is 35.3 Å². The minimum absolute atomic E-state index is 0.0136. The molecule has 0 atom stereocenters. The van der Waals surface area contributed by atoms with Crippen molar-refractivity contribution in [1.29, 1.82) is 0 Å². The van der Waals surface area contributed by atoms with Gasteiger partial charge < -0.3 is 10.7 Å². The first kappa shape index (κ1) is 15.5. The molecule has 4 N–H and O–H groups in total. The Morgan fingerprint density at radius 3 is 2.76 bits per heavy atom. The fourth-order valence-corrected chi connectivity index (χ4v) is 3.35. The number of aromatic amines is 1. The summed E-state index contributed by atoms with van der Waals surface area (Å²) in [6, 6.07) is 6.41. The molecule has 1 heterocycles. The molecular formula is C13H13N3O3S2. The summed E-state index contributed by atoms with van der Waals surface area (Å²) in [5.74, 6) is 5.37. The Labute approximate surface area is 126 Å². The molecule has 2 rings (SSSR count). The largest absolute Gasteiger partial charge is 0.320 e. The summed E-state index contributed by atoms with van der Waals surface area (Å²) in [6.45, 7) is 0.164. The first-order valence-electron chi connectivity index (χ1n) is 5.97. The molecule has 0 aliphatic carbocycles. The van der Waals surface area contributed by atoms with Gasteiger partial charge in [0.2, 0.25) is 10.0 Å². The van der Waals surface area contributed by atoms with Crippen LogP contribution in [-0.2, 0) is 16.6 Å². The second-order valence-corrected chi connectivity index (χ2v) is 6.58. The fourth-order valence-electron chi connectivity index (χ4n) is 1.60. The number of nitrogens with one attached hydrogen (secondary N) is 2. The molecule has 0 amide bonds. The van der Waals surface area contributed by atoms with Crippen LogP contribution >= 0.6 is 11.3 Å². The zero-order chi connectivity index (χ0) is 15.3. The number of nitrogens with two attached hydrogens (primary N) is 1. The van der Waals surface area contributed by atoms with Gasteiger partial charge in [-0.3, -0.25) is 4.79 Å². The maximum Gasteiger partial charge on any atom is 0.304 e. The van der Waals surface area contributed by atoms with Crippen molar-refractivity contribution in [2.75, 3.05) is 6.54 Å². The summed E-state index contributed by atoms with van der Waals surface area (Å²) in [6.07, 6.45) is 0. The van der Waals surface area contributed by atoms with Crippen LogP contribution in [0.1, 0.15) is 11.3 Å². The zero-order valence-corrected chi connectivity index (χ0v) is 12.6. The molecule has 21 heavy (non-hydrogen) atoms. The van der Waals surface area contributed by atoms with Crippen molar-refractivity contribution < 1.29 is 8.42 Å². The van der Waals surface area contributed by atoms with Crippen LogP contribution in [0.4, 0.5) is 0 Å². The van der Waals surface area contributed by atoms with E-state index in [-0.39, 0.29) is 22.9 Å². The van der Waals surface area contributed by atoms with Gasteiger partial charge in [0.15, 0.2) is 0 Å². The maximum absolute atomic E-state index is 12.3. The molecule has 0 bridgehead atoms. The molecule has 0 radical (unpaired) electrons. The zero-order valence-electron chi connectivity index (χ0n) is 10.9. The summed E-state index contributed by atoms with van der Waals surface area (Å²) in [5, 5.41) is 1.57. The van der Waals surface area contributed by atoms with E-state index in [1.54, 1.807) is 23.6 Å². The number of sulfonamides is 1. The van der Waals surface area contributed by atoms with Gasteiger partial charge in [-0.05, 0) is 12.1 Å². The summed E-state index contributed by atoms with van der Waals surface area (Å²) >= 11 is 0.983. The molecule has 1 aromatic heterocycles. The second kappa shape index (κ2) is 6.69. The smallest absolute Gasteiger partial charge is 0.304 e. The average Bonchev–Trinajstić information content (AvgIpc) is 2.89. The van der Waals surface area contributed by atoms with Gasteiger partial charge in [0.25, 0.3) is 0 Å². The monoisotopic (exact) mass is 323 g/mol. The second-order valence-electron chi connectivity index (χ2n) is 4.00. The first-order valence-corrected chi connectivity index (χ1v) is 8.33. The summed E-state index contributed by atoms with van der Waals surface area (Å²) in [7, 11) is -3.72. The molecule has 110 valence electrons. The van der Waals surface area contributed by atoms with Gasteiger partial charge >= 0.3 is 4.87 Å².